The Balaban J connectivity index is 1.84. The van der Waals surface area contributed by atoms with Crippen molar-refractivity contribution in [3.05, 3.63) is 65.4 Å². The monoisotopic (exact) mass is 432 g/mol. The van der Waals surface area contributed by atoms with E-state index in [1.54, 1.807) is 11.8 Å². The van der Waals surface area contributed by atoms with E-state index in [1.807, 2.05) is 48.5 Å². The molecule has 0 radical (unpaired) electrons. The van der Waals surface area contributed by atoms with E-state index in [0.717, 1.165) is 47.6 Å². The Bertz CT molecular complexity index is 1050. The van der Waals surface area contributed by atoms with Crippen molar-refractivity contribution < 1.29 is 14.3 Å². The largest absolute Gasteiger partial charge is 0.494 e. The molecule has 2 aromatic rings. The molecule has 2 aliphatic rings. The smallest absolute Gasteiger partial charge is 0.224 e. The van der Waals surface area contributed by atoms with Gasteiger partial charge < -0.3 is 10.1 Å². The quantitative estimate of drug-likeness (QED) is 0.586. The molecule has 168 valence electrons. The number of fused-ring (bicyclic) bond motifs is 1. The summed E-state index contributed by atoms with van der Waals surface area (Å²) in [7, 11) is 0. The van der Waals surface area contributed by atoms with Crippen LogP contribution in [0.3, 0.4) is 0 Å². The lowest BCUT2D eigenvalue weighted by Gasteiger charge is -2.36. The van der Waals surface area contributed by atoms with E-state index in [-0.39, 0.29) is 17.1 Å². The summed E-state index contributed by atoms with van der Waals surface area (Å²) in [6.07, 6.45) is 3.30. The molecule has 5 nitrogen and oxygen atoms in total. The highest BCUT2D eigenvalue weighted by Gasteiger charge is 2.42. The minimum atomic E-state index is -0.480. The number of para-hydroxylation sites is 2. The van der Waals surface area contributed by atoms with Crippen LogP contribution in [0.5, 0.6) is 5.75 Å². The van der Waals surface area contributed by atoms with Crippen molar-refractivity contribution in [2.45, 2.75) is 59.4 Å². The summed E-state index contributed by atoms with van der Waals surface area (Å²) in [5.74, 6) is 0.795. The van der Waals surface area contributed by atoms with E-state index in [2.05, 4.69) is 26.1 Å². The van der Waals surface area contributed by atoms with Gasteiger partial charge in [0.25, 0.3) is 0 Å². The number of amides is 1. The maximum atomic E-state index is 13.5. The molecule has 0 unspecified atom stereocenters. The maximum absolute atomic E-state index is 13.5. The van der Waals surface area contributed by atoms with Crippen LogP contribution in [0.15, 0.2) is 59.8 Å². The molecule has 0 bridgehead atoms. The molecule has 1 atom stereocenters. The highest BCUT2D eigenvalue weighted by atomic mass is 16.5. The van der Waals surface area contributed by atoms with Crippen LogP contribution >= 0.6 is 0 Å². The maximum Gasteiger partial charge on any atom is 0.224 e. The van der Waals surface area contributed by atoms with Crippen LogP contribution in [0.1, 0.15) is 65.0 Å². The molecule has 0 saturated carbocycles. The summed E-state index contributed by atoms with van der Waals surface area (Å²) in [5, 5.41) is 3.52. The molecule has 0 fully saturated rings. The molecule has 1 heterocycles. The Morgan fingerprint density at radius 3 is 2.53 bits per heavy atom. The van der Waals surface area contributed by atoms with E-state index in [4.69, 9.17) is 4.74 Å². The fraction of sp³-hybridized carbons (Fsp3) is 0.407. The number of unbranched alkanes of at least 4 members (excludes halogenated alkanes) is 1. The van der Waals surface area contributed by atoms with Crippen molar-refractivity contribution in [2.75, 3.05) is 16.8 Å². The Kier molecular flexibility index (Phi) is 6.09. The van der Waals surface area contributed by atoms with Crippen molar-refractivity contribution in [3.8, 4) is 5.75 Å². The fourth-order valence-electron chi connectivity index (χ4n) is 4.73. The number of carbonyl (C=O) groups is 2. The van der Waals surface area contributed by atoms with Crippen molar-refractivity contribution in [1.82, 2.24) is 0 Å². The molecule has 2 aromatic carbocycles. The van der Waals surface area contributed by atoms with Crippen LogP contribution < -0.4 is 15.0 Å². The molecule has 0 saturated heterocycles. The minimum Gasteiger partial charge on any atom is -0.494 e. The predicted octanol–water partition coefficient (Wildman–Crippen LogP) is 6.03. The number of hydrogen-bond acceptors (Lipinski definition) is 4. The first-order valence-electron chi connectivity index (χ1n) is 11.5. The topological polar surface area (TPSA) is 58.6 Å². The normalized spacial score (nSPS) is 19.6. The Morgan fingerprint density at radius 2 is 1.84 bits per heavy atom. The highest BCUT2D eigenvalue weighted by Crippen LogP contribution is 2.48. The SMILES string of the molecule is CCCCOc1ccc([C@H]2C3=C(CC(C)(C)CC3=O)Nc3ccccc3N2C(C)=O)cc1. The molecule has 1 aliphatic heterocycles. The van der Waals surface area contributed by atoms with Crippen LogP contribution in [-0.4, -0.2) is 18.3 Å². The van der Waals surface area contributed by atoms with Gasteiger partial charge in [-0.1, -0.05) is 51.5 Å². The third kappa shape index (κ3) is 4.29. The second-order valence-electron chi connectivity index (χ2n) is 9.54. The second-order valence-corrected chi connectivity index (χ2v) is 9.54. The molecular formula is C27H32N2O3. The van der Waals surface area contributed by atoms with Crippen LogP contribution in [-0.2, 0) is 9.59 Å². The van der Waals surface area contributed by atoms with E-state index in [1.165, 1.54) is 0 Å². The number of nitrogens with zero attached hydrogens (tertiary/aromatic N) is 1. The standard InChI is InChI=1S/C27H32N2O3/c1-5-6-15-32-20-13-11-19(12-14-20)26-25-22(16-27(3,4)17-24(25)31)28-21-9-7-8-10-23(21)29(26)18(2)30/h7-14,26,28H,5-6,15-17H2,1-4H3/t26-/m0/s1. The Morgan fingerprint density at radius 1 is 1.12 bits per heavy atom. The first-order chi connectivity index (χ1) is 15.3. The van der Waals surface area contributed by atoms with Gasteiger partial charge in [-0.2, -0.15) is 0 Å². The second kappa shape index (κ2) is 8.81. The van der Waals surface area contributed by atoms with Crippen LogP contribution in [0, 0.1) is 5.41 Å². The molecule has 0 aromatic heterocycles. The lowest BCUT2D eigenvalue weighted by molar-refractivity contribution is -0.118. The Labute approximate surface area is 190 Å². The lowest BCUT2D eigenvalue weighted by Crippen LogP contribution is -2.38. The molecule has 32 heavy (non-hydrogen) atoms. The first-order valence-corrected chi connectivity index (χ1v) is 11.5. The first kappa shape index (κ1) is 22.1. The molecule has 0 spiro atoms. The van der Waals surface area contributed by atoms with Gasteiger partial charge in [-0.25, -0.2) is 0 Å². The molecule has 1 aliphatic carbocycles. The lowest BCUT2D eigenvalue weighted by atomic mass is 9.73. The number of ether oxygens (including phenoxy) is 1. The van der Waals surface area contributed by atoms with Gasteiger partial charge in [0, 0.05) is 24.6 Å². The van der Waals surface area contributed by atoms with Crippen LogP contribution in [0.25, 0.3) is 0 Å². The van der Waals surface area contributed by atoms with Crippen molar-refractivity contribution in [2.24, 2.45) is 5.41 Å². The van der Waals surface area contributed by atoms with Gasteiger partial charge in [0.1, 0.15) is 5.75 Å². The number of anilines is 2. The van der Waals surface area contributed by atoms with Gasteiger partial charge in [0.15, 0.2) is 5.78 Å². The van der Waals surface area contributed by atoms with E-state index in [0.29, 0.717) is 18.6 Å². The van der Waals surface area contributed by atoms with Crippen molar-refractivity contribution in [1.29, 1.82) is 0 Å². The summed E-state index contributed by atoms with van der Waals surface area (Å²) >= 11 is 0. The van der Waals surface area contributed by atoms with E-state index < -0.39 is 6.04 Å². The van der Waals surface area contributed by atoms with Crippen LogP contribution in [0.2, 0.25) is 0 Å². The summed E-state index contributed by atoms with van der Waals surface area (Å²) in [6.45, 7) is 8.61. The summed E-state index contributed by atoms with van der Waals surface area (Å²) in [5.41, 5.74) is 4.01. The average molecular weight is 433 g/mol. The number of carbonyl (C=O) groups excluding carboxylic acids is 2. The fourth-order valence-corrected chi connectivity index (χ4v) is 4.73. The molecule has 1 amide bonds. The van der Waals surface area contributed by atoms with Gasteiger partial charge in [-0.3, -0.25) is 14.5 Å². The zero-order valence-corrected chi connectivity index (χ0v) is 19.4. The summed E-state index contributed by atoms with van der Waals surface area (Å²) in [6, 6.07) is 15.1. The highest BCUT2D eigenvalue weighted by molar-refractivity contribution is 6.05. The number of allylic oxidation sites excluding steroid dienone is 1. The van der Waals surface area contributed by atoms with Crippen molar-refractivity contribution >= 4 is 23.1 Å². The zero-order chi connectivity index (χ0) is 22.9. The third-order valence-corrected chi connectivity index (χ3v) is 6.20. The summed E-state index contributed by atoms with van der Waals surface area (Å²) < 4.78 is 5.83. The number of hydrogen-bond donors (Lipinski definition) is 1. The number of rotatable bonds is 5. The van der Waals surface area contributed by atoms with Crippen LogP contribution in [0.4, 0.5) is 11.4 Å². The van der Waals surface area contributed by atoms with E-state index >= 15 is 0 Å². The summed E-state index contributed by atoms with van der Waals surface area (Å²) in [4.78, 5) is 28.2. The van der Waals surface area contributed by atoms with E-state index in [9.17, 15) is 9.59 Å². The van der Waals surface area contributed by atoms with Crippen molar-refractivity contribution in [3.63, 3.8) is 0 Å². The number of ketones is 1. The molecule has 1 N–H and O–H groups in total. The predicted molar refractivity (Wildman–Crippen MR) is 128 cm³/mol. The molecular weight excluding hydrogens is 400 g/mol. The van der Waals surface area contributed by atoms with Gasteiger partial charge >= 0.3 is 0 Å². The molecule has 4 rings (SSSR count). The average Bonchev–Trinajstić information content (AvgIpc) is 2.88. The number of benzene rings is 2. The zero-order valence-electron chi connectivity index (χ0n) is 19.4. The third-order valence-electron chi connectivity index (χ3n) is 6.20. The molecule has 5 heteroatoms. The van der Waals surface area contributed by atoms with Gasteiger partial charge in [-0.15, -0.1) is 0 Å². The number of nitrogens with one attached hydrogen (secondary N) is 1. The number of Topliss-reactive ketones (excluding diaryl/α,β-unsaturated/α-hetero) is 1. The van der Waals surface area contributed by atoms with Gasteiger partial charge in [-0.05, 0) is 48.1 Å². The Hall–Kier alpha value is -3.08. The minimum absolute atomic E-state index is 0.0936. The van der Waals surface area contributed by atoms with Gasteiger partial charge in [0.2, 0.25) is 5.91 Å². The van der Waals surface area contributed by atoms with Gasteiger partial charge in [0.05, 0.1) is 24.0 Å².